The fourth-order valence-corrected chi connectivity index (χ4v) is 3.66. The van der Waals surface area contributed by atoms with Crippen molar-refractivity contribution in [2.45, 2.75) is 19.9 Å². The van der Waals surface area contributed by atoms with Gasteiger partial charge in [-0.15, -0.1) is 0 Å². The molecule has 23 heavy (non-hydrogen) atoms. The second-order valence-corrected chi connectivity index (χ2v) is 7.13. The fourth-order valence-electron chi connectivity index (χ4n) is 3.01. The van der Waals surface area contributed by atoms with E-state index in [1.165, 1.54) is 22.2 Å². The van der Waals surface area contributed by atoms with Gasteiger partial charge in [0.25, 0.3) is 0 Å². The summed E-state index contributed by atoms with van der Waals surface area (Å²) < 4.78 is 3.41. The third-order valence-electron chi connectivity index (χ3n) is 4.17. The van der Waals surface area contributed by atoms with E-state index in [0.29, 0.717) is 0 Å². The van der Waals surface area contributed by atoms with Crippen LogP contribution >= 0.6 is 39.3 Å². The van der Waals surface area contributed by atoms with Crippen LogP contribution in [0.15, 0.2) is 46.9 Å². The first-order valence-corrected chi connectivity index (χ1v) is 9.01. The zero-order valence-electron chi connectivity index (χ0n) is 12.7. The van der Waals surface area contributed by atoms with Crippen LogP contribution in [-0.4, -0.2) is 11.1 Å². The average Bonchev–Trinajstić information content (AvgIpc) is 2.79. The van der Waals surface area contributed by atoms with Crippen LogP contribution in [0.5, 0.6) is 0 Å². The topological polar surface area (TPSA) is 17.0 Å². The molecule has 0 radical (unpaired) electrons. The molecule has 0 aliphatic heterocycles. The molecule has 0 atom stereocenters. The van der Waals surface area contributed by atoms with E-state index in [4.69, 9.17) is 23.4 Å². The Hall–Kier alpha value is -1.00. The highest BCUT2D eigenvalue weighted by atomic mass is 79.9. The van der Waals surface area contributed by atoms with Gasteiger partial charge in [0.15, 0.2) is 0 Å². The monoisotopic (exact) mass is 410 g/mol. The number of hydrogen-bond donors (Lipinski definition) is 1. The molecule has 2 nitrogen and oxygen atoms in total. The maximum absolute atomic E-state index is 6.35. The molecule has 0 fully saturated rings. The molecule has 2 aromatic carbocycles. The SMILES string of the molecule is Cc1c(CCNCl)c2cc(Br)ccc2n1Cc1ccccc1Cl. The van der Waals surface area contributed by atoms with Gasteiger partial charge in [0.1, 0.15) is 0 Å². The van der Waals surface area contributed by atoms with E-state index in [9.17, 15) is 0 Å². The van der Waals surface area contributed by atoms with Crippen molar-refractivity contribution in [2.24, 2.45) is 0 Å². The molecule has 0 aliphatic rings. The molecule has 0 saturated heterocycles. The summed E-state index contributed by atoms with van der Waals surface area (Å²) in [4.78, 5) is 2.72. The molecular weight excluding hydrogens is 395 g/mol. The Balaban J connectivity index is 2.12. The highest BCUT2D eigenvalue weighted by Gasteiger charge is 2.15. The van der Waals surface area contributed by atoms with Crippen molar-refractivity contribution < 1.29 is 0 Å². The lowest BCUT2D eigenvalue weighted by molar-refractivity contribution is 0.788. The molecule has 1 heterocycles. The molecule has 120 valence electrons. The number of aromatic nitrogens is 1. The maximum Gasteiger partial charge on any atom is 0.0493 e. The van der Waals surface area contributed by atoms with Crippen LogP contribution in [0.2, 0.25) is 5.02 Å². The minimum absolute atomic E-state index is 0.736. The van der Waals surface area contributed by atoms with Crippen LogP contribution in [0.3, 0.4) is 0 Å². The van der Waals surface area contributed by atoms with Crippen LogP contribution in [0.25, 0.3) is 10.9 Å². The van der Waals surface area contributed by atoms with Crippen LogP contribution in [0, 0.1) is 6.92 Å². The molecule has 1 aromatic heterocycles. The van der Waals surface area contributed by atoms with Gasteiger partial charge >= 0.3 is 0 Å². The Labute approximate surface area is 154 Å². The summed E-state index contributed by atoms with van der Waals surface area (Å²) in [5, 5.41) is 2.06. The van der Waals surface area contributed by atoms with E-state index in [1.54, 1.807) is 0 Å². The number of rotatable bonds is 5. The van der Waals surface area contributed by atoms with Gasteiger partial charge < -0.3 is 4.57 Å². The van der Waals surface area contributed by atoms with Crippen LogP contribution in [-0.2, 0) is 13.0 Å². The first kappa shape index (κ1) is 16.8. The Bertz CT molecular complexity index is 842. The molecule has 3 aromatic rings. The Morgan fingerprint density at radius 2 is 1.96 bits per heavy atom. The lowest BCUT2D eigenvalue weighted by Crippen LogP contribution is -2.07. The molecule has 0 unspecified atom stereocenters. The van der Waals surface area contributed by atoms with Crippen molar-refractivity contribution in [3.8, 4) is 0 Å². The van der Waals surface area contributed by atoms with E-state index >= 15 is 0 Å². The number of benzene rings is 2. The third kappa shape index (κ3) is 3.43. The highest BCUT2D eigenvalue weighted by Crippen LogP contribution is 2.30. The number of hydrogen-bond acceptors (Lipinski definition) is 1. The first-order chi connectivity index (χ1) is 11.1. The molecule has 0 bridgehead atoms. The summed E-state index contributed by atoms with van der Waals surface area (Å²) >= 11 is 15.6. The Morgan fingerprint density at radius 3 is 2.70 bits per heavy atom. The standard InChI is InChI=1S/C18H17BrCl2N2/c1-12-15(8-9-22-21)16-10-14(19)6-7-18(16)23(12)11-13-4-2-3-5-17(13)20/h2-7,10,22H,8-9,11H2,1H3. The number of fused-ring (bicyclic) bond motifs is 1. The molecule has 0 aliphatic carbocycles. The summed E-state index contributed by atoms with van der Waals surface area (Å²) in [6.45, 7) is 3.66. The van der Waals surface area contributed by atoms with E-state index in [-0.39, 0.29) is 0 Å². The van der Waals surface area contributed by atoms with Gasteiger partial charge in [-0.1, -0.05) is 45.7 Å². The second kappa shape index (κ2) is 7.27. The molecule has 0 saturated carbocycles. The van der Waals surface area contributed by atoms with Crippen molar-refractivity contribution >= 4 is 50.2 Å². The third-order valence-corrected chi connectivity index (χ3v) is 5.22. The highest BCUT2D eigenvalue weighted by molar-refractivity contribution is 9.10. The average molecular weight is 412 g/mol. The van der Waals surface area contributed by atoms with Crippen molar-refractivity contribution in [2.75, 3.05) is 6.54 Å². The zero-order valence-corrected chi connectivity index (χ0v) is 15.8. The minimum Gasteiger partial charge on any atom is -0.340 e. The largest absolute Gasteiger partial charge is 0.340 e. The van der Waals surface area contributed by atoms with Crippen LogP contribution < -0.4 is 4.84 Å². The summed E-state index contributed by atoms with van der Waals surface area (Å²) in [5.74, 6) is 0. The maximum atomic E-state index is 6.35. The molecular formula is C18H17BrCl2N2. The Morgan fingerprint density at radius 1 is 1.17 bits per heavy atom. The number of nitrogens with zero attached hydrogens (tertiary/aromatic N) is 1. The smallest absolute Gasteiger partial charge is 0.0493 e. The normalized spacial score (nSPS) is 11.3. The van der Waals surface area contributed by atoms with Gasteiger partial charge in [-0.25, -0.2) is 4.84 Å². The summed E-state index contributed by atoms with van der Waals surface area (Å²) in [7, 11) is 0. The van der Waals surface area contributed by atoms with Gasteiger partial charge in [-0.3, -0.25) is 0 Å². The molecule has 5 heteroatoms. The molecule has 1 N–H and O–H groups in total. The molecule has 0 spiro atoms. The van der Waals surface area contributed by atoms with Crippen LogP contribution in [0.4, 0.5) is 0 Å². The Kier molecular flexibility index (Phi) is 5.32. The van der Waals surface area contributed by atoms with Crippen molar-refractivity contribution in [1.29, 1.82) is 0 Å². The zero-order chi connectivity index (χ0) is 16.4. The van der Waals surface area contributed by atoms with Gasteiger partial charge in [0, 0.05) is 39.2 Å². The van der Waals surface area contributed by atoms with Gasteiger partial charge in [-0.2, -0.15) is 0 Å². The fraction of sp³-hybridized carbons (Fsp3) is 0.222. The summed E-state index contributed by atoms with van der Waals surface area (Å²) in [5.41, 5.74) is 4.92. The predicted octanol–water partition coefficient (Wildman–Crippen LogP) is 5.70. The minimum atomic E-state index is 0.736. The number of nitrogens with one attached hydrogen (secondary N) is 1. The van der Waals surface area contributed by atoms with Gasteiger partial charge in [0.05, 0.1) is 0 Å². The quantitative estimate of drug-likeness (QED) is 0.532. The van der Waals surface area contributed by atoms with Gasteiger partial charge in [-0.05, 0) is 60.5 Å². The number of halogens is 3. The lowest BCUT2D eigenvalue weighted by Gasteiger charge is -2.10. The van der Waals surface area contributed by atoms with Gasteiger partial charge in [0.2, 0.25) is 0 Å². The summed E-state index contributed by atoms with van der Waals surface area (Å²) in [6, 6.07) is 14.4. The predicted molar refractivity (Wildman–Crippen MR) is 102 cm³/mol. The van der Waals surface area contributed by atoms with E-state index in [1.807, 2.05) is 18.2 Å². The molecule has 0 amide bonds. The van der Waals surface area contributed by atoms with E-state index < -0.39 is 0 Å². The van der Waals surface area contributed by atoms with Crippen molar-refractivity contribution in [3.05, 3.63) is 68.8 Å². The first-order valence-electron chi connectivity index (χ1n) is 7.46. The second-order valence-electron chi connectivity index (χ2n) is 5.54. The van der Waals surface area contributed by atoms with Crippen LogP contribution in [0.1, 0.15) is 16.8 Å². The lowest BCUT2D eigenvalue weighted by atomic mass is 10.1. The van der Waals surface area contributed by atoms with E-state index in [0.717, 1.165) is 34.6 Å². The summed E-state index contributed by atoms with van der Waals surface area (Å²) in [6.07, 6.45) is 0.887. The van der Waals surface area contributed by atoms with Crippen molar-refractivity contribution in [3.63, 3.8) is 0 Å². The van der Waals surface area contributed by atoms with E-state index in [2.05, 4.69) is 56.5 Å². The molecule has 3 rings (SSSR count). The van der Waals surface area contributed by atoms with Crippen molar-refractivity contribution in [1.82, 2.24) is 9.40 Å².